The van der Waals surface area contributed by atoms with Crippen molar-refractivity contribution in [1.82, 2.24) is 19.8 Å². The third-order valence-electron chi connectivity index (χ3n) is 9.02. The number of carbonyl (C=O) groups is 4. The number of benzene rings is 1. The molecule has 0 radical (unpaired) electrons. The molecular formula is C35H45ClN4O8. The van der Waals surface area contributed by atoms with Crippen molar-refractivity contribution in [3.05, 3.63) is 35.5 Å². The first kappa shape index (κ1) is 35.4. The van der Waals surface area contributed by atoms with E-state index >= 15 is 0 Å². The first-order valence-electron chi connectivity index (χ1n) is 16.7. The van der Waals surface area contributed by atoms with E-state index in [1.54, 1.807) is 53.0 Å². The number of nitrogens with zero attached hydrogens (tertiary/aromatic N) is 4. The molecule has 48 heavy (non-hydrogen) atoms. The number of fused-ring (bicyclic) bond motifs is 3. The number of ether oxygens (including phenoxy) is 4. The summed E-state index contributed by atoms with van der Waals surface area (Å²) < 4.78 is 22.8. The summed E-state index contributed by atoms with van der Waals surface area (Å²) in [5, 5.41) is 0.0207. The summed E-state index contributed by atoms with van der Waals surface area (Å²) in [6.07, 6.45) is 6.50. The summed E-state index contributed by atoms with van der Waals surface area (Å²) >= 11 is 6.49. The highest BCUT2D eigenvalue weighted by Crippen LogP contribution is 2.52. The third kappa shape index (κ3) is 7.38. The number of rotatable bonds is 5. The molecule has 5 atom stereocenters. The zero-order valence-electron chi connectivity index (χ0n) is 28.5. The van der Waals surface area contributed by atoms with Crippen LogP contribution >= 0.6 is 11.6 Å². The van der Waals surface area contributed by atoms with Crippen LogP contribution in [0.15, 0.2) is 30.4 Å². The Morgan fingerprint density at radius 3 is 2.56 bits per heavy atom. The molecular weight excluding hydrogens is 640 g/mol. The van der Waals surface area contributed by atoms with Crippen molar-refractivity contribution in [3.63, 3.8) is 0 Å². The van der Waals surface area contributed by atoms with Crippen LogP contribution in [-0.2, 0) is 23.9 Å². The summed E-state index contributed by atoms with van der Waals surface area (Å²) in [5.74, 6) is -1.89. The van der Waals surface area contributed by atoms with E-state index < -0.39 is 47.2 Å². The smallest absolute Gasteiger partial charge is 0.418 e. The minimum absolute atomic E-state index is 0.0180. The molecule has 1 saturated heterocycles. The lowest BCUT2D eigenvalue weighted by atomic mass is 10.0. The highest BCUT2D eigenvalue weighted by Gasteiger charge is 2.69. The molecule has 12 nitrogen and oxygen atoms in total. The fraction of sp³-hybridized carbons (Fsp3) is 0.600. The van der Waals surface area contributed by atoms with E-state index in [1.807, 2.05) is 19.1 Å². The van der Waals surface area contributed by atoms with E-state index in [2.05, 4.69) is 9.97 Å². The molecule has 3 amide bonds. The van der Waals surface area contributed by atoms with Gasteiger partial charge >= 0.3 is 12.1 Å². The van der Waals surface area contributed by atoms with Crippen LogP contribution in [0.5, 0.6) is 11.6 Å². The van der Waals surface area contributed by atoms with Crippen LogP contribution in [0.1, 0.15) is 79.6 Å². The molecule has 0 N–H and O–H groups in total. The van der Waals surface area contributed by atoms with Gasteiger partial charge in [0.05, 0.1) is 31.3 Å². The van der Waals surface area contributed by atoms with Crippen molar-refractivity contribution in [2.24, 2.45) is 11.8 Å². The molecule has 13 heteroatoms. The second-order valence-electron chi connectivity index (χ2n) is 13.7. The third-order valence-corrected chi connectivity index (χ3v) is 9.26. The van der Waals surface area contributed by atoms with Gasteiger partial charge in [-0.05, 0) is 65.5 Å². The zero-order chi connectivity index (χ0) is 34.8. The number of allylic oxidation sites excluding steroid dienone is 1. The molecule has 1 aliphatic carbocycles. The molecule has 3 heterocycles. The molecule has 2 aliphatic heterocycles. The summed E-state index contributed by atoms with van der Waals surface area (Å²) in [6, 6.07) is 4.04. The van der Waals surface area contributed by atoms with Gasteiger partial charge in [0.1, 0.15) is 23.5 Å². The van der Waals surface area contributed by atoms with Gasteiger partial charge in [0.15, 0.2) is 10.7 Å². The average molecular weight is 685 g/mol. The number of esters is 1. The lowest BCUT2D eigenvalue weighted by molar-refractivity contribution is -0.159. The molecule has 5 rings (SSSR count). The predicted octanol–water partition coefficient (Wildman–Crippen LogP) is 5.88. The van der Waals surface area contributed by atoms with Crippen molar-refractivity contribution in [2.75, 3.05) is 20.3 Å². The number of methoxy groups -OCH3 is 1. The monoisotopic (exact) mass is 684 g/mol. The highest BCUT2D eigenvalue weighted by atomic mass is 35.5. The molecule has 1 aromatic carbocycles. The number of imide groups is 1. The predicted molar refractivity (Wildman–Crippen MR) is 178 cm³/mol. The van der Waals surface area contributed by atoms with Crippen molar-refractivity contribution < 1.29 is 38.1 Å². The van der Waals surface area contributed by atoms with Gasteiger partial charge in [0.25, 0.3) is 11.8 Å². The van der Waals surface area contributed by atoms with Crippen LogP contribution in [-0.4, -0.2) is 87.2 Å². The Morgan fingerprint density at radius 2 is 1.85 bits per heavy atom. The van der Waals surface area contributed by atoms with E-state index in [9.17, 15) is 19.2 Å². The average Bonchev–Trinajstić information content (AvgIpc) is 3.58. The van der Waals surface area contributed by atoms with Gasteiger partial charge in [0.2, 0.25) is 5.91 Å². The molecule has 1 aromatic heterocycles. The second-order valence-corrected chi connectivity index (χ2v) is 14.1. The molecule has 0 bridgehead atoms. The standard InChI is InChI=1S/C35H45ClN4O8/c1-7-46-32(43)35-19-22(35)14-12-10-8-9-11-13-21(2)30(41)39-20-24(18-27(39)31(42)40(35)33(44)48-34(3,4)5)47-29-28(36)37-25-16-15-23(45-6)17-26(25)38-29/h12,14-17,21-22,24,27H,7-11,13,18-20H2,1-6H3/b14-12-/t21-,22+,24+,27-,35+/m0/s1. The van der Waals surface area contributed by atoms with Gasteiger partial charge < -0.3 is 23.8 Å². The van der Waals surface area contributed by atoms with Gasteiger partial charge in [-0.15, -0.1) is 0 Å². The van der Waals surface area contributed by atoms with Crippen LogP contribution in [0.25, 0.3) is 11.0 Å². The van der Waals surface area contributed by atoms with E-state index in [4.69, 9.17) is 30.5 Å². The SMILES string of the molecule is CCOC(=O)[C@@]12C[C@H]1/C=C\CCCCC[C@H](C)C(=O)N1C[C@H](Oc3nc4cc(OC)ccc4nc3Cl)C[C@H]1C(=O)N2C(=O)OC(C)(C)C. The lowest BCUT2D eigenvalue weighted by Gasteiger charge is -2.35. The van der Waals surface area contributed by atoms with E-state index in [0.29, 0.717) is 23.2 Å². The highest BCUT2D eigenvalue weighted by molar-refractivity contribution is 6.31. The molecule has 2 fully saturated rings. The molecule has 0 unspecified atom stereocenters. The van der Waals surface area contributed by atoms with Crippen LogP contribution in [0.3, 0.4) is 0 Å². The zero-order valence-corrected chi connectivity index (χ0v) is 29.2. The normalized spacial score (nSPS) is 27.3. The summed E-state index contributed by atoms with van der Waals surface area (Å²) in [4.78, 5) is 67.8. The molecule has 260 valence electrons. The largest absolute Gasteiger partial charge is 0.497 e. The molecule has 1 saturated carbocycles. The van der Waals surface area contributed by atoms with Crippen LogP contribution in [0.4, 0.5) is 4.79 Å². The Bertz CT molecular complexity index is 1590. The summed E-state index contributed by atoms with van der Waals surface area (Å²) in [7, 11) is 1.54. The number of hydrogen-bond donors (Lipinski definition) is 0. The first-order chi connectivity index (χ1) is 22.8. The summed E-state index contributed by atoms with van der Waals surface area (Å²) in [5.41, 5.74) is -1.54. The van der Waals surface area contributed by atoms with Gasteiger partial charge in [-0.25, -0.2) is 24.5 Å². The molecule has 3 aliphatic rings. The maximum Gasteiger partial charge on any atom is 0.418 e. The van der Waals surface area contributed by atoms with Gasteiger partial charge in [-0.2, -0.15) is 0 Å². The summed E-state index contributed by atoms with van der Waals surface area (Å²) in [6.45, 7) is 8.67. The van der Waals surface area contributed by atoms with Gasteiger partial charge in [-0.1, -0.05) is 43.5 Å². The van der Waals surface area contributed by atoms with Crippen LogP contribution in [0, 0.1) is 11.8 Å². The number of halogens is 1. The Balaban J connectivity index is 1.54. The lowest BCUT2D eigenvalue weighted by Crippen LogP contribution is -2.59. The topological polar surface area (TPSA) is 137 Å². The molecule has 0 spiro atoms. The maximum atomic E-state index is 14.8. The second kappa shape index (κ2) is 14.3. The maximum absolute atomic E-state index is 14.8. The van der Waals surface area contributed by atoms with Crippen molar-refractivity contribution in [1.29, 1.82) is 0 Å². The fourth-order valence-corrected chi connectivity index (χ4v) is 6.70. The fourth-order valence-electron chi connectivity index (χ4n) is 6.52. The van der Waals surface area contributed by atoms with Crippen molar-refractivity contribution >= 4 is 46.5 Å². The van der Waals surface area contributed by atoms with E-state index in [0.717, 1.165) is 30.6 Å². The van der Waals surface area contributed by atoms with Gasteiger partial charge in [-0.3, -0.25) is 9.59 Å². The Kier molecular flexibility index (Phi) is 10.5. The first-order valence-corrected chi connectivity index (χ1v) is 17.1. The number of carbonyl (C=O) groups excluding carboxylic acids is 4. The number of amides is 3. The minimum atomic E-state index is -1.60. The molecule has 2 aromatic rings. The number of hydrogen-bond acceptors (Lipinski definition) is 10. The van der Waals surface area contributed by atoms with Crippen LogP contribution < -0.4 is 9.47 Å². The van der Waals surface area contributed by atoms with Crippen LogP contribution in [0.2, 0.25) is 5.15 Å². The van der Waals surface area contributed by atoms with Crippen molar-refractivity contribution in [3.8, 4) is 11.6 Å². The Hall–Kier alpha value is -3.93. The van der Waals surface area contributed by atoms with E-state index in [1.165, 1.54) is 4.90 Å². The van der Waals surface area contributed by atoms with Crippen molar-refractivity contribution in [2.45, 2.75) is 103 Å². The quantitative estimate of drug-likeness (QED) is 0.277. The Morgan fingerprint density at radius 1 is 1.08 bits per heavy atom. The minimum Gasteiger partial charge on any atom is -0.497 e. The van der Waals surface area contributed by atoms with Gasteiger partial charge in [0, 0.05) is 24.3 Å². The Labute approximate surface area is 286 Å². The number of aromatic nitrogens is 2. The van der Waals surface area contributed by atoms with E-state index in [-0.39, 0.29) is 48.9 Å².